The van der Waals surface area contributed by atoms with E-state index in [0.29, 0.717) is 0 Å². The Morgan fingerprint density at radius 2 is 1.26 bits per heavy atom. The van der Waals surface area contributed by atoms with E-state index in [1.807, 2.05) is 48.9 Å². The van der Waals surface area contributed by atoms with E-state index < -0.39 is 9.52 Å². The fourth-order valence-corrected chi connectivity index (χ4v) is 7.24. The largest absolute Gasteiger partial charge is 0.326 e. The minimum absolute atomic E-state index is 0.0163. The summed E-state index contributed by atoms with van der Waals surface area (Å²) in [5.74, 6) is -0.0163. The number of aromatic nitrogens is 2. The van der Waals surface area contributed by atoms with Crippen molar-refractivity contribution in [3.8, 4) is 0 Å². The molecule has 2 radical (unpaired) electrons. The summed E-state index contributed by atoms with van der Waals surface area (Å²) in [4.78, 5) is 4.37. The van der Waals surface area contributed by atoms with E-state index in [-0.39, 0.29) is 11.0 Å². The zero-order chi connectivity index (χ0) is 27.3. The predicted molar refractivity (Wildman–Crippen MR) is 169 cm³/mol. The first-order valence-corrected chi connectivity index (χ1v) is 15.3. The van der Waals surface area contributed by atoms with Gasteiger partial charge in [-0.3, -0.25) is 0 Å². The van der Waals surface area contributed by atoms with Gasteiger partial charge >= 0.3 is 0 Å². The average Bonchev–Trinajstić information content (AvgIpc) is 3.55. The molecule has 1 heterocycles. The fourth-order valence-electron chi connectivity index (χ4n) is 5.05. The Kier molecular flexibility index (Phi) is 10.3. The SMILES string of the molecule is CCCC(C)=C[SiH2]C(c1ccccc1)(c1ccccc1)n1ccnc1.[B]C(c1ccccc1)c1ccccc1. The molecule has 0 N–H and O–H groups in total. The molecule has 0 aliphatic rings. The molecule has 0 saturated heterocycles. The minimum atomic E-state index is -0.654. The molecule has 5 aromatic rings. The van der Waals surface area contributed by atoms with Gasteiger partial charge in [-0.25, -0.2) is 4.98 Å². The molecule has 0 atom stereocenters. The molecule has 0 aliphatic heterocycles. The molecule has 39 heavy (non-hydrogen) atoms. The van der Waals surface area contributed by atoms with Crippen LogP contribution in [0.3, 0.4) is 0 Å². The summed E-state index contributed by atoms with van der Waals surface area (Å²) < 4.78 is 2.31. The Hall–Kier alpha value is -3.89. The molecule has 0 unspecified atom stereocenters. The molecular formula is C35H37BN2Si. The lowest BCUT2D eigenvalue weighted by Crippen LogP contribution is -2.41. The van der Waals surface area contributed by atoms with Crippen molar-refractivity contribution in [2.75, 3.05) is 0 Å². The monoisotopic (exact) mass is 524 g/mol. The van der Waals surface area contributed by atoms with Crippen molar-refractivity contribution in [1.29, 1.82) is 0 Å². The first kappa shape index (κ1) is 28.1. The highest BCUT2D eigenvalue weighted by Gasteiger charge is 2.35. The zero-order valence-corrected chi connectivity index (χ0v) is 24.4. The summed E-state index contributed by atoms with van der Waals surface area (Å²) in [5.41, 5.74) is 9.02. The summed E-state index contributed by atoms with van der Waals surface area (Å²) in [7, 11) is 5.46. The maximum Gasteiger partial charge on any atom is 0.0954 e. The smallest absolute Gasteiger partial charge is 0.0954 e. The van der Waals surface area contributed by atoms with Crippen molar-refractivity contribution in [2.24, 2.45) is 0 Å². The number of benzene rings is 4. The van der Waals surface area contributed by atoms with Crippen molar-refractivity contribution in [1.82, 2.24) is 9.55 Å². The van der Waals surface area contributed by atoms with E-state index in [0.717, 1.165) is 11.1 Å². The third-order valence-electron chi connectivity index (χ3n) is 7.16. The van der Waals surface area contributed by atoms with Gasteiger partial charge in [-0.2, -0.15) is 0 Å². The van der Waals surface area contributed by atoms with Gasteiger partial charge in [0, 0.05) is 12.4 Å². The van der Waals surface area contributed by atoms with Gasteiger partial charge in [0.15, 0.2) is 0 Å². The van der Waals surface area contributed by atoms with Gasteiger partial charge in [0.25, 0.3) is 0 Å². The summed E-state index contributed by atoms with van der Waals surface area (Å²) in [6.07, 6.45) is 8.34. The van der Waals surface area contributed by atoms with Gasteiger partial charge < -0.3 is 4.57 Å². The predicted octanol–water partition coefficient (Wildman–Crippen LogP) is 7.45. The first-order chi connectivity index (χ1) is 19.1. The number of nitrogens with zero attached hydrogens (tertiary/aromatic N) is 2. The van der Waals surface area contributed by atoms with Gasteiger partial charge in [-0.05, 0) is 41.4 Å². The highest BCUT2D eigenvalue weighted by atomic mass is 28.2. The molecule has 2 nitrogen and oxygen atoms in total. The van der Waals surface area contributed by atoms with Crippen LogP contribution in [0.15, 0.2) is 151 Å². The molecule has 1 aromatic heterocycles. The number of hydrogen-bond acceptors (Lipinski definition) is 1. The van der Waals surface area contributed by atoms with Crippen LogP contribution >= 0.6 is 0 Å². The van der Waals surface area contributed by atoms with Crippen molar-refractivity contribution >= 4 is 17.4 Å². The van der Waals surface area contributed by atoms with Crippen LogP contribution in [-0.4, -0.2) is 26.9 Å². The molecule has 194 valence electrons. The minimum Gasteiger partial charge on any atom is -0.326 e. The van der Waals surface area contributed by atoms with Crippen LogP contribution < -0.4 is 0 Å². The molecule has 4 aromatic carbocycles. The number of allylic oxidation sites excluding steroid dienone is 1. The van der Waals surface area contributed by atoms with Gasteiger partial charge in [-0.1, -0.05) is 146 Å². The zero-order valence-electron chi connectivity index (χ0n) is 23.0. The Labute approximate surface area is 237 Å². The molecule has 0 saturated carbocycles. The molecule has 0 bridgehead atoms. The van der Waals surface area contributed by atoms with Gasteiger partial charge in [0.05, 0.1) is 28.9 Å². The van der Waals surface area contributed by atoms with Gasteiger partial charge in [0.2, 0.25) is 0 Å². The molecule has 4 heteroatoms. The van der Waals surface area contributed by atoms with Crippen LogP contribution in [-0.2, 0) is 5.16 Å². The average molecular weight is 525 g/mol. The van der Waals surface area contributed by atoms with Crippen LogP contribution in [0.25, 0.3) is 0 Å². The second-order valence-electron chi connectivity index (χ2n) is 9.87. The summed E-state index contributed by atoms with van der Waals surface area (Å²) in [6.45, 7) is 4.52. The summed E-state index contributed by atoms with van der Waals surface area (Å²) in [6, 6.07) is 42.0. The maximum atomic E-state index is 6.12. The Bertz CT molecular complexity index is 1310. The van der Waals surface area contributed by atoms with E-state index in [2.05, 4.69) is 120 Å². The number of hydrogen-bond donors (Lipinski definition) is 0. The standard InChI is InChI=1S/C22H26N2Si.C13H11B/c1-3-10-19(2)17-25-22(24-16-15-23-18-24,20-11-6-4-7-12-20)21-13-8-5-9-14-21;14-13(11-7-3-1-4-8-11)12-9-5-2-6-10-12/h4-9,11-18H,3,10,25H2,1-2H3;1-10,13H. The molecule has 5 rings (SSSR count). The lowest BCUT2D eigenvalue weighted by molar-refractivity contribution is 0.596. The number of rotatable bonds is 9. The van der Waals surface area contributed by atoms with Crippen molar-refractivity contribution < 1.29 is 0 Å². The molecule has 0 aliphatic carbocycles. The van der Waals surface area contributed by atoms with Crippen molar-refractivity contribution in [3.05, 3.63) is 174 Å². The van der Waals surface area contributed by atoms with Crippen LogP contribution in [0.4, 0.5) is 0 Å². The fraction of sp³-hybridized carbons (Fsp3) is 0.171. The maximum absolute atomic E-state index is 6.12. The second kappa shape index (κ2) is 14.3. The molecule has 0 spiro atoms. The van der Waals surface area contributed by atoms with Gasteiger partial charge in [0.1, 0.15) is 0 Å². The van der Waals surface area contributed by atoms with Crippen molar-refractivity contribution in [3.63, 3.8) is 0 Å². The van der Waals surface area contributed by atoms with Gasteiger partial charge in [-0.15, -0.1) is 0 Å². The summed E-state index contributed by atoms with van der Waals surface area (Å²) in [5, 5.41) is -0.145. The van der Waals surface area contributed by atoms with Crippen LogP contribution in [0.5, 0.6) is 0 Å². The topological polar surface area (TPSA) is 17.8 Å². The molecule has 0 fully saturated rings. The van der Waals surface area contributed by atoms with Crippen molar-refractivity contribution in [2.45, 2.75) is 37.7 Å². The number of imidazole rings is 1. The lowest BCUT2D eigenvalue weighted by atomic mass is 9.76. The molecular weight excluding hydrogens is 487 g/mol. The van der Waals surface area contributed by atoms with E-state index in [1.165, 1.54) is 29.5 Å². The third-order valence-corrected chi connectivity index (χ3v) is 9.83. The molecule has 0 amide bonds. The third kappa shape index (κ3) is 7.16. The lowest BCUT2D eigenvalue weighted by Gasteiger charge is -2.36. The van der Waals surface area contributed by atoms with Crippen LogP contribution in [0.1, 0.15) is 54.8 Å². The van der Waals surface area contributed by atoms with E-state index in [9.17, 15) is 0 Å². The van der Waals surface area contributed by atoms with E-state index in [1.54, 1.807) is 0 Å². The quantitative estimate of drug-likeness (QED) is 0.183. The highest BCUT2D eigenvalue weighted by Crippen LogP contribution is 2.33. The van der Waals surface area contributed by atoms with E-state index in [4.69, 9.17) is 7.85 Å². The highest BCUT2D eigenvalue weighted by molar-refractivity contribution is 6.47. The van der Waals surface area contributed by atoms with Crippen LogP contribution in [0.2, 0.25) is 0 Å². The summed E-state index contributed by atoms with van der Waals surface area (Å²) >= 11 is 0. The van der Waals surface area contributed by atoms with E-state index >= 15 is 0 Å². The first-order valence-electron chi connectivity index (χ1n) is 13.8. The van der Waals surface area contributed by atoms with Crippen LogP contribution in [0, 0.1) is 0 Å². The normalized spacial score (nSPS) is 11.9. The Balaban J connectivity index is 0.000000212. The Morgan fingerprint density at radius 1 is 0.795 bits per heavy atom. The Morgan fingerprint density at radius 3 is 1.67 bits per heavy atom. The second-order valence-corrected chi connectivity index (χ2v) is 11.7.